The number of benzene rings is 2. The van der Waals surface area contributed by atoms with Crippen LogP contribution in [0.15, 0.2) is 42.5 Å². The van der Waals surface area contributed by atoms with Crippen molar-refractivity contribution in [1.82, 2.24) is 9.80 Å². The van der Waals surface area contributed by atoms with E-state index in [4.69, 9.17) is 9.47 Å². The van der Waals surface area contributed by atoms with Crippen LogP contribution in [0.3, 0.4) is 0 Å². The van der Waals surface area contributed by atoms with Gasteiger partial charge in [0.25, 0.3) is 0 Å². The summed E-state index contributed by atoms with van der Waals surface area (Å²) in [5.74, 6) is 0.988. The molecule has 144 valence electrons. The van der Waals surface area contributed by atoms with Gasteiger partial charge in [-0.05, 0) is 29.8 Å². The number of amides is 2. The van der Waals surface area contributed by atoms with Gasteiger partial charge < -0.3 is 19.7 Å². The van der Waals surface area contributed by atoms with Gasteiger partial charge in [-0.2, -0.15) is 0 Å². The highest BCUT2D eigenvalue weighted by Gasteiger charge is 2.22. The van der Waals surface area contributed by atoms with Crippen molar-refractivity contribution in [3.05, 3.63) is 53.8 Å². The molecular formula is C20H24FN3O3. The number of hydrogen-bond acceptors (Lipinski definition) is 4. The van der Waals surface area contributed by atoms with Crippen LogP contribution in [0, 0.1) is 5.82 Å². The molecule has 1 aliphatic rings. The second-order valence-electron chi connectivity index (χ2n) is 6.39. The van der Waals surface area contributed by atoms with Crippen LogP contribution in [0.1, 0.15) is 5.56 Å². The topological polar surface area (TPSA) is 54.0 Å². The van der Waals surface area contributed by atoms with Gasteiger partial charge in [0.05, 0.1) is 19.9 Å². The van der Waals surface area contributed by atoms with Gasteiger partial charge in [-0.15, -0.1) is 0 Å². The summed E-state index contributed by atoms with van der Waals surface area (Å²) in [5, 5.41) is 2.89. The molecule has 6 nitrogen and oxygen atoms in total. The van der Waals surface area contributed by atoms with E-state index in [1.54, 1.807) is 49.5 Å². The van der Waals surface area contributed by atoms with Crippen LogP contribution in [0.25, 0.3) is 0 Å². The van der Waals surface area contributed by atoms with Crippen LogP contribution in [0.5, 0.6) is 11.5 Å². The lowest BCUT2D eigenvalue weighted by molar-refractivity contribution is 0.143. The maximum atomic E-state index is 13.3. The molecule has 0 unspecified atom stereocenters. The highest BCUT2D eigenvalue weighted by Crippen LogP contribution is 2.29. The molecule has 0 spiro atoms. The first-order valence-corrected chi connectivity index (χ1v) is 8.84. The molecule has 0 aromatic heterocycles. The molecule has 0 bridgehead atoms. The van der Waals surface area contributed by atoms with Gasteiger partial charge in [0.2, 0.25) is 0 Å². The largest absolute Gasteiger partial charge is 0.497 e. The van der Waals surface area contributed by atoms with Gasteiger partial charge in [0, 0.05) is 38.8 Å². The van der Waals surface area contributed by atoms with Crippen molar-refractivity contribution >= 4 is 11.7 Å². The lowest BCUT2D eigenvalue weighted by Crippen LogP contribution is -2.49. The Morgan fingerprint density at radius 1 is 1.07 bits per heavy atom. The molecule has 7 heteroatoms. The van der Waals surface area contributed by atoms with Gasteiger partial charge in [0.1, 0.15) is 17.3 Å². The minimum absolute atomic E-state index is 0.163. The molecule has 0 saturated carbocycles. The molecule has 2 amide bonds. The van der Waals surface area contributed by atoms with Crippen LogP contribution in [0.2, 0.25) is 0 Å². The maximum absolute atomic E-state index is 13.3. The number of hydrogen-bond donors (Lipinski definition) is 1. The number of halogens is 1. The fourth-order valence-electron chi connectivity index (χ4n) is 3.10. The molecule has 2 aromatic carbocycles. The normalized spacial score (nSPS) is 14.7. The molecule has 2 aromatic rings. The van der Waals surface area contributed by atoms with Crippen molar-refractivity contribution in [3.63, 3.8) is 0 Å². The van der Waals surface area contributed by atoms with E-state index < -0.39 is 0 Å². The molecule has 1 saturated heterocycles. The Morgan fingerprint density at radius 2 is 1.85 bits per heavy atom. The number of methoxy groups -OCH3 is 2. The van der Waals surface area contributed by atoms with E-state index >= 15 is 0 Å². The third-order valence-electron chi connectivity index (χ3n) is 4.61. The van der Waals surface area contributed by atoms with E-state index in [1.807, 2.05) is 6.07 Å². The minimum Gasteiger partial charge on any atom is -0.497 e. The van der Waals surface area contributed by atoms with Gasteiger partial charge >= 0.3 is 6.03 Å². The number of piperazine rings is 1. The average Bonchev–Trinajstić information content (AvgIpc) is 2.69. The minimum atomic E-state index is -0.223. The Morgan fingerprint density at radius 3 is 2.52 bits per heavy atom. The molecule has 27 heavy (non-hydrogen) atoms. The number of carbonyl (C=O) groups is 1. The Kier molecular flexibility index (Phi) is 6.13. The molecule has 0 atom stereocenters. The summed E-state index contributed by atoms with van der Waals surface area (Å²) in [5.41, 5.74) is 1.54. The lowest BCUT2D eigenvalue weighted by Gasteiger charge is -2.34. The maximum Gasteiger partial charge on any atom is 0.322 e. The quantitative estimate of drug-likeness (QED) is 0.875. The Bertz CT molecular complexity index is 792. The van der Waals surface area contributed by atoms with Crippen molar-refractivity contribution in [2.24, 2.45) is 0 Å². The fourth-order valence-corrected chi connectivity index (χ4v) is 3.10. The van der Waals surface area contributed by atoms with Gasteiger partial charge in [-0.25, -0.2) is 9.18 Å². The number of urea groups is 1. The summed E-state index contributed by atoms with van der Waals surface area (Å²) in [6, 6.07) is 11.7. The summed E-state index contributed by atoms with van der Waals surface area (Å²) in [4.78, 5) is 16.5. The van der Waals surface area contributed by atoms with E-state index in [2.05, 4.69) is 10.2 Å². The predicted molar refractivity (Wildman–Crippen MR) is 102 cm³/mol. The molecule has 3 rings (SSSR count). The zero-order valence-corrected chi connectivity index (χ0v) is 15.6. The first-order chi connectivity index (χ1) is 13.1. The molecular weight excluding hydrogens is 349 g/mol. The van der Waals surface area contributed by atoms with Crippen molar-refractivity contribution in [2.75, 3.05) is 45.7 Å². The summed E-state index contributed by atoms with van der Waals surface area (Å²) < 4.78 is 23.8. The van der Waals surface area contributed by atoms with E-state index in [1.165, 1.54) is 6.07 Å². The zero-order chi connectivity index (χ0) is 19.2. The summed E-state index contributed by atoms with van der Waals surface area (Å²) in [6.07, 6.45) is 0. The second kappa shape index (κ2) is 8.73. The van der Waals surface area contributed by atoms with E-state index in [0.29, 0.717) is 36.8 Å². The molecule has 1 heterocycles. The monoisotopic (exact) mass is 373 g/mol. The Labute approximate surface area is 158 Å². The third-order valence-corrected chi connectivity index (χ3v) is 4.61. The Hall–Kier alpha value is -2.80. The highest BCUT2D eigenvalue weighted by molar-refractivity contribution is 5.91. The number of carbonyl (C=O) groups excluding carboxylic acids is 1. The number of rotatable bonds is 5. The van der Waals surface area contributed by atoms with Gasteiger partial charge in [0.15, 0.2) is 0 Å². The smallest absolute Gasteiger partial charge is 0.322 e. The van der Waals surface area contributed by atoms with Crippen LogP contribution >= 0.6 is 0 Å². The number of anilines is 1. The first-order valence-electron chi connectivity index (χ1n) is 8.84. The van der Waals surface area contributed by atoms with Crippen molar-refractivity contribution in [2.45, 2.75) is 6.54 Å². The van der Waals surface area contributed by atoms with Crippen LogP contribution in [0.4, 0.5) is 14.9 Å². The summed E-state index contributed by atoms with van der Waals surface area (Å²) >= 11 is 0. The molecule has 1 fully saturated rings. The van der Waals surface area contributed by atoms with Gasteiger partial charge in [-0.1, -0.05) is 12.1 Å². The standard InChI is InChI=1S/C20H24FN3O3/c1-26-17-6-7-18(19(13-17)27-2)22-20(25)24-10-8-23(9-11-24)14-15-4-3-5-16(21)12-15/h3-7,12-13H,8-11,14H2,1-2H3,(H,22,25). The fraction of sp³-hybridized carbons (Fsp3) is 0.350. The molecule has 0 aliphatic carbocycles. The van der Waals surface area contributed by atoms with E-state index in [0.717, 1.165) is 18.7 Å². The number of nitrogens with zero attached hydrogens (tertiary/aromatic N) is 2. The second-order valence-corrected chi connectivity index (χ2v) is 6.39. The van der Waals surface area contributed by atoms with E-state index in [-0.39, 0.29) is 11.8 Å². The van der Waals surface area contributed by atoms with Crippen LogP contribution < -0.4 is 14.8 Å². The summed E-state index contributed by atoms with van der Waals surface area (Å²) in [6.45, 7) is 3.38. The molecule has 1 aliphatic heterocycles. The van der Waals surface area contributed by atoms with Crippen LogP contribution in [-0.4, -0.2) is 56.2 Å². The van der Waals surface area contributed by atoms with E-state index in [9.17, 15) is 9.18 Å². The predicted octanol–water partition coefficient (Wildman–Crippen LogP) is 3.19. The first kappa shape index (κ1) is 19.0. The Balaban J connectivity index is 1.54. The van der Waals surface area contributed by atoms with Crippen LogP contribution in [-0.2, 0) is 6.54 Å². The third kappa shape index (κ3) is 4.89. The summed E-state index contributed by atoms with van der Waals surface area (Å²) in [7, 11) is 3.13. The highest BCUT2D eigenvalue weighted by atomic mass is 19.1. The SMILES string of the molecule is COc1ccc(NC(=O)N2CCN(Cc3cccc(F)c3)CC2)c(OC)c1. The number of ether oxygens (including phenoxy) is 2. The molecule has 1 N–H and O–H groups in total. The lowest BCUT2D eigenvalue weighted by atomic mass is 10.2. The number of nitrogens with one attached hydrogen (secondary N) is 1. The van der Waals surface area contributed by atoms with Crippen molar-refractivity contribution in [1.29, 1.82) is 0 Å². The van der Waals surface area contributed by atoms with Crippen molar-refractivity contribution < 1.29 is 18.7 Å². The average molecular weight is 373 g/mol. The zero-order valence-electron chi connectivity index (χ0n) is 15.6. The molecule has 0 radical (unpaired) electrons. The van der Waals surface area contributed by atoms with Crippen molar-refractivity contribution in [3.8, 4) is 11.5 Å². The van der Waals surface area contributed by atoms with Gasteiger partial charge in [-0.3, -0.25) is 4.90 Å².